The Hall–Kier alpha value is -3.87. The number of aromatic hydroxyl groups is 1. The molecule has 0 aliphatic carbocycles. The molecule has 0 radical (unpaired) electrons. The van der Waals surface area contributed by atoms with Gasteiger partial charge in [0.25, 0.3) is 5.69 Å². The molecule has 0 fully saturated rings. The highest BCUT2D eigenvalue weighted by atomic mass is 16.7. The van der Waals surface area contributed by atoms with E-state index in [1.165, 1.54) is 6.07 Å². The summed E-state index contributed by atoms with van der Waals surface area (Å²) in [5.41, 5.74) is 2.06. The zero-order valence-corrected chi connectivity index (χ0v) is 14.8. The number of aromatic nitrogens is 1. The number of ether oxygens (including phenoxy) is 2. The zero-order chi connectivity index (χ0) is 19.7. The minimum atomic E-state index is -0.469. The van der Waals surface area contributed by atoms with Gasteiger partial charge in [-0.2, -0.15) is 0 Å². The van der Waals surface area contributed by atoms with Crippen LogP contribution in [-0.2, 0) is 6.42 Å². The van der Waals surface area contributed by atoms with Crippen LogP contribution in [0.3, 0.4) is 0 Å². The van der Waals surface area contributed by atoms with Crippen LogP contribution in [0.1, 0.15) is 16.8 Å². The fourth-order valence-electron chi connectivity index (χ4n) is 3.06. The predicted molar refractivity (Wildman–Crippen MR) is 105 cm³/mol. The fraction of sp³-hybridized carbons (Fsp3) is 0.0952. The van der Waals surface area contributed by atoms with Gasteiger partial charge in [0.1, 0.15) is 11.3 Å². The molecule has 0 unspecified atom stereocenters. The summed E-state index contributed by atoms with van der Waals surface area (Å²) in [4.78, 5) is 15.4. The Morgan fingerprint density at radius 2 is 1.93 bits per heavy atom. The van der Waals surface area contributed by atoms with Crippen molar-refractivity contribution in [2.75, 3.05) is 6.79 Å². The van der Waals surface area contributed by atoms with Crippen molar-refractivity contribution in [1.82, 2.24) is 4.98 Å². The Balaban J connectivity index is 1.74. The van der Waals surface area contributed by atoms with Crippen LogP contribution >= 0.6 is 0 Å². The Labute approximate surface area is 160 Å². The number of nitro groups is 1. The monoisotopic (exact) mass is 376 g/mol. The summed E-state index contributed by atoms with van der Waals surface area (Å²) in [6.07, 6.45) is 5.50. The highest BCUT2D eigenvalue weighted by molar-refractivity contribution is 5.87. The first-order valence-corrected chi connectivity index (χ1v) is 8.55. The first-order chi connectivity index (χ1) is 13.6. The minimum Gasteiger partial charge on any atom is -0.505 e. The number of benzene rings is 2. The summed E-state index contributed by atoms with van der Waals surface area (Å²) in [6.45, 7) is 3.73. The predicted octanol–water partition coefficient (Wildman–Crippen LogP) is 4.48. The van der Waals surface area contributed by atoms with E-state index in [0.717, 1.165) is 10.9 Å². The molecule has 7 nitrogen and oxygen atoms in total. The van der Waals surface area contributed by atoms with Crippen molar-refractivity contribution in [2.24, 2.45) is 0 Å². The normalized spacial score (nSPS) is 12.6. The molecule has 28 heavy (non-hydrogen) atoms. The number of hydrogen-bond acceptors (Lipinski definition) is 6. The van der Waals surface area contributed by atoms with Crippen molar-refractivity contribution in [3.05, 3.63) is 76.0 Å². The molecule has 2 heterocycles. The van der Waals surface area contributed by atoms with Gasteiger partial charge in [0.2, 0.25) is 6.79 Å². The first-order valence-electron chi connectivity index (χ1n) is 8.55. The number of rotatable bonds is 5. The number of allylic oxidation sites excluding steroid dienone is 1. The lowest BCUT2D eigenvalue weighted by Crippen LogP contribution is -1.93. The molecule has 0 amide bonds. The van der Waals surface area contributed by atoms with Crippen LogP contribution in [0.15, 0.2) is 49.1 Å². The molecule has 4 rings (SSSR count). The maximum Gasteiger partial charge on any atom is 0.280 e. The van der Waals surface area contributed by atoms with Crippen LogP contribution in [0.25, 0.3) is 23.1 Å². The van der Waals surface area contributed by atoms with E-state index in [0.29, 0.717) is 34.7 Å². The highest BCUT2D eigenvalue weighted by Crippen LogP contribution is 2.38. The minimum absolute atomic E-state index is 0.0399. The third-order valence-electron chi connectivity index (χ3n) is 4.46. The molecule has 1 aliphatic heterocycles. The summed E-state index contributed by atoms with van der Waals surface area (Å²) >= 11 is 0. The van der Waals surface area contributed by atoms with Crippen LogP contribution in [-0.4, -0.2) is 21.8 Å². The van der Waals surface area contributed by atoms with E-state index in [1.54, 1.807) is 30.4 Å². The molecule has 0 atom stereocenters. The second kappa shape index (κ2) is 7.03. The van der Waals surface area contributed by atoms with Crippen molar-refractivity contribution in [1.29, 1.82) is 0 Å². The third kappa shape index (κ3) is 3.14. The summed E-state index contributed by atoms with van der Waals surface area (Å²) in [6, 6.07) is 10.3. The number of phenolic OH excluding ortho intramolecular Hbond substituents is 1. The van der Waals surface area contributed by atoms with Crippen molar-refractivity contribution >= 4 is 28.7 Å². The van der Waals surface area contributed by atoms with Gasteiger partial charge in [-0.05, 0) is 36.3 Å². The van der Waals surface area contributed by atoms with Gasteiger partial charge in [0.05, 0.1) is 22.2 Å². The molecule has 140 valence electrons. The highest BCUT2D eigenvalue weighted by Gasteiger charge is 2.22. The second-order valence-electron chi connectivity index (χ2n) is 6.23. The van der Waals surface area contributed by atoms with E-state index in [9.17, 15) is 15.2 Å². The molecule has 0 saturated heterocycles. The van der Waals surface area contributed by atoms with E-state index < -0.39 is 4.92 Å². The molecular formula is C21H16N2O5. The first kappa shape index (κ1) is 17.5. The molecule has 0 saturated carbocycles. The van der Waals surface area contributed by atoms with Gasteiger partial charge in [-0.3, -0.25) is 10.1 Å². The molecule has 1 aliphatic rings. The van der Waals surface area contributed by atoms with Crippen molar-refractivity contribution in [3.8, 4) is 17.2 Å². The van der Waals surface area contributed by atoms with E-state index in [1.807, 2.05) is 18.2 Å². The number of phenols is 1. The summed E-state index contributed by atoms with van der Waals surface area (Å²) in [5.74, 6) is 0.928. The van der Waals surface area contributed by atoms with E-state index in [2.05, 4.69) is 11.6 Å². The van der Waals surface area contributed by atoms with Gasteiger partial charge in [-0.1, -0.05) is 24.3 Å². The van der Waals surface area contributed by atoms with E-state index in [-0.39, 0.29) is 18.2 Å². The number of nitro benzene ring substituents is 1. The molecule has 1 aromatic heterocycles. The molecule has 0 bridgehead atoms. The SMILES string of the molecule is C=CCc1ccc2ccc(/C=C/c3cc4c(cc3[N+](=O)[O-])OCO4)nc2c1O. The van der Waals surface area contributed by atoms with Crippen LogP contribution < -0.4 is 9.47 Å². The lowest BCUT2D eigenvalue weighted by atomic mass is 10.1. The molecule has 0 spiro atoms. The second-order valence-corrected chi connectivity index (χ2v) is 6.23. The molecular weight excluding hydrogens is 360 g/mol. The van der Waals surface area contributed by atoms with Crippen molar-refractivity contribution in [3.63, 3.8) is 0 Å². The van der Waals surface area contributed by atoms with Gasteiger partial charge >= 0.3 is 0 Å². The lowest BCUT2D eigenvalue weighted by molar-refractivity contribution is -0.385. The largest absolute Gasteiger partial charge is 0.505 e. The number of hydrogen-bond donors (Lipinski definition) is 1. The van der Waals surface area contributed by atoms with Crippen LogP contribution in [0, 0.1) is 10.1 Å². The number of pyridine rings is 1. The summed E-state index contributed by atoms with van der Waals surface area (Å²) < 4.78 is 10.5. The topological polar surface area (TPSA) is 94.7 Å². The Morgan fingerprint density at radius 3 is 2.68 bits per heavy atom. The van der Waals surface area contributed by atoms with Crippen molar-refractivity contribution in [2.45, 2.75) is 6.42 Å². The molecule has 1 N–H and O–H groups in total. The average Bonchev–Trinajstić information content (AvgIpc) is 3.15. The number of nitrogens with zero attached hydrogens (tertiary/aromatic N) is 2. The van der Waals surface area contributed by atoms with Crippen LogP contribution in [0.5, 0.6) is 17.2 Å². The number of fused-ring (bicyclic) bond motifs is 2. The zero-order valence-electron chi connectivity index (χ0n) is 14.8. The quantitative estimate of drug-likeness (QED) is 0.401. The third-order valence-corrected chi connectivity index (χ3v) is 4.46. The van der Waals surface area contributed by atoms with Gasteiger partial charge in [-0.25, -0.2) is 4.98 Å². The average molecular weight is 376 g/mol. The van der Waals surface area contributed by atoms with E-state index in [4.69, 9.17) is 9.47 Å². The Morgan fingerprint density at radius 1 is 1.18 bits per heavy atom. The molecule has 7 heteroatoms. The lowest BCUT2D eigenvalue weighted by Gasteiger charge is -2.06. The summed E-state index contributed by atoms with van der Waals surface area (Å²) in [7, 11) is 0. The van der Waals surface area contributed by atoms with E-state index >= 15 is 0 Å². The van der Waals surface area contributed by atoms with Gasteiger partial charge in [-0.15, -0.1) is 6.58 Å². The van der Waals surface area contributed by atoms with Crippen LogP contribution in [0.2, 0.25) is 0 Å². The van der Waals surface area contributed by atoms with Gasteiger partial charge in [0.15, 0.2) is 11.5 Å². The fourth-order valence-corrected chi connectivity index (χ4v) is 3.06. The smallest absolute Gasteiger partial charge is 0.280 e. The standard InChI is InChI=1S/C21H16N2O5/c1-2-3-14-5-4-13-6-8-16(22-20(13)21(14)24)9-7-15-10-18-19(28-12-27-18)11-17(15)23(25)26/h2,4-11,24H,1,3,12H2/b9-7+. The van der Waals surface area contributed by atoms with Crippen molar-refractivity contribution < 1.29 is 19.5 Å². The Bertz CT molecular complexity index is 1140. The Kier molecular flexibility index (Phi) is 4.41. The summed E-state index contributed by atoms with van der Waals surface area (Å²) in [5, 5.41) is 22.6. The van der Waals surface area contributed by atoms with Gasteiger partial charge < -0.3 is 14.6 Å². The van der Waals surface area contributed by atoms with Crippen LogP contribution in [0.4, 0.5) is 5.69 Å². The molecule has 2 aromatic carbocycles. The molecule has 3 aromatic rings. The maximum absolute atomic E-state index is 11.4. The maximum atomic E-state index is 11.4. The van der Waals surface area contributed by atoms with Gasteiger partial charge in [0, 0.05) is 5.39 Å².